The normalized spacial score (nSPS) is 10.2. The van der Waals surface area contributed by atoms with Crippen molar-refractivity contribution < 1.29 is 51.4 Å². The molecule has 0 fully saturated rings. The quantitative estimate of drug-likeness (QED) is 0.309. The fourth-order valence-corrected chi connectivity index (χ4v) is 1.76. The fourth-order valence-electron chi connectivity index (χ4n) is 1.76. The van der Waals surface area contributed by atoms with Crippen molar-refractivity contribution in [3.05, 3.63) is 55.2 Å². The van der Waals surface area contributed by atoms with Gasteiger partial charge in [0.25, 0.3) is 0 Å². The number of pyridine rings is 2. The van der Waals surface area contributed by atoms with Gasteiger partial charge < -0.3 is 0 Å². The molecule has 2 aromatic heterocycles. The average Bonchev–Trinajstić information content (AvgIpc) is 2.29. The van der Waals surface area contributed by atoms with Crippen molar-refractivity contribution in [3.63, 3.8) is 0 Å². The molecular weight excluding hydrogens is 223 g/mol. The topological polar surface area (TPSA) is 25.8 Å². The first-order chi connectivity index (χ1) is 7.34. The van der Waals surface area contributed by atoms with Crippen LogP contribution in [0.4, 0.5) is 0 Å². The van der Waals surface area contributed by atoms with Crippen LogP contribution in [0.25, 0.3) is 21.8 Å². The molecule has 0 radical (unpaired) electrons. The summed E-state index contributed by atoms with van der Waals surface area (Å²) in [4.78, 5) is 8.79. The predicted molar refractivity (Wildman–Crippen MR) is 61.5 cm³/mol. The van der Waals surface area contributed by atoms with Gasteiger partial charge in [-0.15, -0.1) is 11.8 Å². The third kappa shape index (κ3) is 2.01. The van der Waals surface area contributed by atoms with Gasteiger partial charge in [-0.2, -0.15) is 6.07 Å². The Labute approximate surface area is 137 Å². The van der Waals surface area contributed by atoms with Crippen molar-refractivity contribution in [1.82, 2.24) is 9.97 Å². The van der Waals surface area contributed by atoms with Gasteiger partial charge in [0.15, 0.2) is 0 Å². The van der Waals surface area contributed by atoms with E-state index in [-0.39, 0.29) is 51.4 Å². The standard InChI is InChI=1S/C13H9N2.K/c1-9-4-5-11-7-6-10-3-2-8-14-12(10)13(11)15-9;/h2-8H,1H2;/q-1;+1. The van der Waals surface area contributed by atoms with Crippen LogP contribution in [0.5, 0.6) is 0 Å². The molecule has 2 heterocycles. The van der Waals surface area contributed by atoms with Gasteiger partial charge in [-0.1, -0.05) is 18.2 Å². The van der Waals surface area contributed by atoms with Crippen LogP contribution in [-0.4, -0.2) is 9.97 Å². The van der Waals surface area contributed by atoms with E-state index in [0.29, 0.717) is 0 Å². The van der Waals surface area contributed by atoms with Crippen molar-refractivity contribution in [3.8, 4) is 0 Å². The molecule has 0 unspecified atom stereocenters. The fraction of sp³-hybridized carbons (Fsp3) is 0. The Kier molecular flexibility index (Phi) is 3.62. The summed E-state index contributed by atoms with van der Waals surface area (Å²) in [5.74, 6) is 0. The Morgan fingerprint density at radius 1 is 0.875 bits per heavy atom. The third-order valence-electron chi connectivity index (χ3n) is 2.49. The van der Waals surface area contributed by atoms with Crippen LogP contribution < -0.4 is 51.4 Å². The molecule has 0 atom stereocenters. The summed E-state index contributed by atoms with van der Waals surface area (Å²) in [6, 6.07) is 12.0. The van der Waals surface area contributed by atoms with Crippen molar-refractivity contribution in [2.75, 3.05) is 0 Å². The molecule has 0 aliphatic rings. The molecule has 0 N–H and O–H groups in total. The molecule has 3 rings (SSSR count). The number of hydrogen-bond acceptors (Lipinski definition) is 2. The molecule has 0 aliphatic heterocycles. The van der Waals surface area contributed by atoms with Gasteiger partial charge in [0.05, 0.1) is 11.0 Å². The predicted octanol–water partition coefficient (Wildman–Crippen LogP) is -0.0308. The van der Waals surface area contributed by atoms with E-state index < -0.39 is 0 Å². The molecule has 0 spiro atoms. The number of fused-ring (bicyclic) bond motifs is 3. The summed E-state index contributed by atoms with van der Waals surface area (Å²) >= 11 is 0. The summed E-state index contributed by atoms with van der Waals surface area (Å²) in [5, 5.41) is 2.22. The van der Waals surface area contributed by atoms with Crippen LogP contribution in [0.15, 0.2) is 42.6 Å². The zero-order valence-corrected chi connectivity index (χ0v) is 12.3. The summed E-state index contributed by atoms with van der Waals surface area (Å²) in [6.45, 7) is 3.84. The summed E-state index contributed by atoms with van der Waals surface area (Å²) in [5.41, 5.74) is 2.65. The minimum atomic E-state index is 0. The van der Waals surface area contributed by atoms with Gasteiger partial charge >= 0.3 is 51.4 Å². The third-order valence-corrected chi connectivity index (χ3v) is 2.49. The van der Waals surface area contributed by atoms with E-state index in [2.05, 4.69) is 29.0 Å². The zero-order chi connectivity index (χ0) is 10.3. The molecule has 1 aromatic carbocycles. The Bertz CT molecular complexity index is 650. The van der Waals surface area contributed by atoms with E-state index in [9.17, 15) is 0 Å². The van der Waals surface area contributed by atoms with E-state index in [4.69, 9.17) is 0 Å². The molecule has 2 nitrogen and oxygen atoms in total. The molecule has 3 heteroatoms. The molecule has 0 saturated carbocycles. The van der Waals surface area contributed by atoms with Crippen LogP contribution in [0.2, 0.25) is 0 Å². The molecule has 3 aromatic rings. The van der Waals surface area contributed by atoms with Crippen LogP contribution in [0.1, 0.15) is 5.69 Å². The molecule has 0 saturated heterocycles. The second kappa shape index (κ2) is 4.81. The smallest absolute Gasteiger partial charge is 0.285 e. The molecule has 0 amide bonds. The molecular formula is C13H9KN2. The average molecular weight is 232 g/mol. The number of nitrogens with zero attached hydrogens (tertiary/aromatic N) is 2. The van der Waals surface area contributed by atoms with Crippen molar-refractivity contribution in [2.45, 2.75) is 0 Å². The maximum atomic E-state index is 4.43. The number of hydrogen-bond donors (Lipinski definition) is 0. The van der Waals surface area contributed by atoms with Gasteiger partial charge in [0, 0.05) is 11.6 Å². The van der Waals surface area contributed by atoms with Crippen LogP contribution in [0.3, 0.4) is 0 Å². The van der Waals surface area contributed by atoms with E-state index in [1.165, 1.54) is 0 Å². The van der Waals surface area contributed by atoms with Crippen LogP contribution >= 0.6 is 0 Å². The number of benzene rings is 1. The Balaban J connectivity index is 0.000000963. The molecule has 72 valence electrons. The number of rotatable bonds is 0. The van der Waals surface area contributed by atoms with E-state index in [1.807, 2.05) is 24.3 Å². The maximum absolute atomic E-state index is 4.43. The van der Waals surface area contributed by atoms with Gasteiger partial charge in [0.2, 0.25) is 0 Å². The van der Waals surface area contributed by atoms with Gasteiger partial charge in [-0.25, -0.2) is 6.92 Å². The van der Waals surface area contributed by atoms with Crippen molar-refractivity contribution >= 4 is 21.8 Å². The summed E-state index contributed by atoms with van der Waals surface area (Å²) in [7, 11) is 0. The Morgan fingerprint density at radius 3 is 2.38 bits per heavy atom. The summed E-state index contributed by atoms with van der Waals surface area (Å²) in [6.07, 6.45) is 1.79. The first-order valence-electron chi connectivity index (χ1n) is 4.81. The monoisotopic (exact) mass is 232 g/mol. The second-order valence-electron chi connectivity index (χ2n) is 3.51. The van der Waals surface area contributed by atoms with Gasteiger partial charge in [-0.3, -0.25) is 9.97 Å². The maximum Gasteiger partial charge on any atom is 1.00 e. The van der Waals surface area contributed by atoms with Crippen molar-refractivity contribution in [2.24, 2.45) is 0 Å². The Hall–Kier alpha value is -0.454. The van der Waals surface area contributed by atoms with E-state index >= 15 is 0 Å². The van der Waals surface area contributed by atoms with E-state index in [1.54, 1.807) is 6.20 Å². The van der Waals surface area contributed by atoms with E-state index in [0.717, 1.165) is 27.5 Å². The van der Waals surface area contributed by atoms with Gasteiger partial charge in [-0.05, 0) is 11.5 Å². The van der Waals surface area contributed by atoms with Crippen LogP contribution in [0, 0.1) is 6.92 Å². The SMILES string of the molecule is [CH2-]c1ccc2ccc3cccnc3c2n1.[K+]. The molecule has 0 aliphatic carbocycles. The Morgan fingerprint density at radius 2 is 1.56 bits per heavy atom. The first kappa shape index (κ1) is 12.0. The van der Waals surface area contributed by atoms with Crippen LogP contribution in [-0.2, 0) is 0 Å². The largest absolute Gasteiger partial charge is 1.00 e. The first-order valence-corrected chi connectivity index (χ1v) is 4.81. The molecule has 16 heavy (non-hydrogen) atoms. The second-order valence-corrected chi connectivity index (χ2v) is 3.51. The minimum absolute atomic E-state index is 0. The minimum Gasteiger partial charge on any atom is -0.285 e. The number of aromatic nitrogens is 2. The van der Waals surface area contributed by atoms with Crippen molar-refractivity contribution in [1.29, 1.82) is 0 Å². The van der Waals surface area contributed by atoms with Gasteiger partial charge in [0.1, 0.15) is 0 Å². The molecule has 0 bridgehead atoms. The summed E-state index contributed by atoms with van der Waals surface area (Å²) < 4.78 is 0. The zero-order valence-electron chi connectivity index (χ0n) is 9.14.